The van der Waals surface area contributed by atoms with E-state index in [9.17, 15) is 14.7 Å². The number of carboxylic acid groups (broad SMARTS) is 1. The van der Waals surface area contributed by atoms with Gasteiger partial charge in [-0.3, -0.25) is 4.79 Å². The van der Waals surface area contributed by atoms with Gasteiger partial charge in [0.25, 0.3) is 5.91 Å². The number of amides is 1. The number of nitrogens with one attached hydrogen (secondary N) is 1. The fourth-order valence-corrected chi connectivity index (χ4v) is 2.41. The van der Waals surface area contributed by atoms with Crippen LogP contribution in [-0.4, -0.2) is 37.3 Å². The molecule has 0 heterocycles. The Labute approximate surface area is 152 Å². The summed E-state index contributed by atoms with van der Waals surface area (Å²) in [7, 11) is 1.65. The van der Waals surface area contributed by atoms with Gasteiger partial charge >= 0.3 is 5.97 Å². The Morgan fingerprint density at radius 2 is 1.62 bits per heavy atom. The molecule has 0 aliphatic rings. The van der Waals surface area contributed by atoms with Gasteiger partial charge in [0.1, 0.15) is 5.75 Å². The molecular formula is C20H23NO5. The zero-order valence-electron chi connectivity index (χ0n) is 15.1. The van der Waals surface area contributed by atoms with E-state index < -0.39 is 11.9 Å². The van der Waals surface area contributed by atoms with E-state index >= 15 is 0 Å². The van der Waals surface area contributed by atoms with Crippen molar-refractivity contribution in [3.63, 3.8) is 0 Å². The number of carbonyl (C=O) groups excluding carboxylic acids is 1. The first-order valence-corrected chi connectivity index (χ1v) is 8.18. The van der Waals surface area contributed by atoms with Crippen LogP contribution in [0, 0.1) is 5.41 Å². The zero-order valence-corrected chi connectivity index (χ0v) is 15.1. The third kappa shape index (κ3) is 5.32. The summed E-state index contributed by atoms with van der Waals surface area (Å²) < 4.78 is 10.9. The highest BCUT2D eigenvalue weighted by atomic mass is 16.5. The van der Waals surface area contributed by atoms with Crippen LogP contribution >= 0.6 is 0 Å². The molecule has 0 radical (unpaired) electrons. The summed E-state index contributed by atoms with van der Waals surface area (Å²) in [6, 6.07) is 13.0. The molecule has 6 heteroatoms. The summed E-state index contributed by atoms with van der Waals surface area (Å²) >= 11 is 0. The molecule has 0 saturated carbocycles. The van der Waals surface area contributed by atoms with Crippen LogP contribution in [0.15, 0.2) is 48.5 Å². The molecule has 0 bridgehead atoms. The molecule has 2 rings (SSSR count). The third-order valence-corrected chi connectivity index (χ3v) is 3.68. The van der Waals surface area contributed by atoms with Crippen LogP contribution in [0.4, 0.5) is 5.69 Å². The normalized spacial score (nSPS) is 11.0. The molecule has 0 spiro atoms. The first-order valence-electron chi connectivity index (χ1n) is 8.18. The quantitative estimate of drug-likeness (QED) is 0.753. The average molecular weight is 357 g/mol. The zero-order chi connectivity index (χ0) is 19.2. The monoisotopic (exact) mass is 357 g/mol. The minimum absolute atomic E-state index is 0.0367. The number of rotatable bonds is 8. The van der Waals surface area contributed by atoms with Gasteiger partial charge in [-0.25, -0.2) is 4.79 Å². The fraction of sp³-hybridized carbons (Fsp3) is 0.300. The number of carbonyl (C=O) groups is 2. The third-order valence-electron chi connectivity index (χ3n) is 3.68. The van der Waals surface area contributed by atoms with Gasteiger partial charge in [-0.15, -0.1) is 0 Å². The predicted octanol–water partition coefficient (Wildman–Crippen LogP) is 3.69. The van der Waals surface area contributed by atoms with E-state index in [4.69, 9.17) is 9.47 Å². The summed E-state index contributed by atoms with van der Waals surface area (Å²) in [5.74, 6) is -0.936. The van der Waals surface area contributed by atoms with E-state index in [1.807, 2.05) is 13.8 Å². The lowest BCUT2D eigenvalue weighted by Crippen LogP contribution is -2.26. The Kier molecular flexibility index (Phi) is 6.36. The SMILES string of the molecule is COCC(C)(C)COc1ccc(NC(=O)c2ccccc2C(=O)O)cc1. The molecular weight excluding hydrogens is 334 g/mol. The molecule has 0 aliphatic heterocycles. The maximum absolute atomic E-state index is 12.3. The van der Waals surface area contributed by atoms with Gasteiger partial charge < -0.3 is 19.9 Å². The lowest BCUT2D eigenvalue weighted by Gasteiger charge is -2.23. The smallest absolute Gasteiger partial charge is 0.336 e. The summed E-state index contributed by atoms with van der Waals surface area (Å²) in [5, 5.41) is 11.9. The highest BCUT2D eigenvalue weighted by molar-refractivity contribution is 6.10. The van der Waals surface area contributed by atoms with E-state index in [2.05, 4.69) is 5.32 Å². The molecule has 2 aromatic rings. The number of benzene rings is 2. The van der Waals surface area contributed by atoms with Gasteiger partial charge in [-0.1, -0.05) is 26.0 Å². The van der Waals surface area contributed by atoms with Crippen molar-refractivity contribution >= 4 is 17.6 Å². The highest BCUT2D eigenvalue weighted by Crippen LogP contribution is 2.21. The summed E-state index contributed by atoms with van der Waals surface area (Å²) in [6.07, 6.45) is 0. The number of anilines is 1. The highest BCUT2D eigenvalue weighted by Gasteiger charge is 2.19. The Hall–Kier alpha value is -2.86. The van der Waals surface area contributed by atoms with Crippen LogP contribution in [0.2, 0.25) is 0 Å². The molecule has 0 atom stereocenters. The number of methoxy groups -OCH3 is 1. The standard InChI is InChI=1S/C20H23NO5/c1-20(2,12-25-3)13-26-15-10-8-14(9-11-15)21-18(22)16-6-4-5-7-17(16)19(23)24/h4-11H,12-13H2,1-3H3,(H,21,22)(H,23,24). The van der Waals surface area contributed by atoms with Gasteiger partial charge in [0.15, 0.2) is 0 Å². The van der Waals surface area contributed by atoms with E-state index in [1.54, 1.807) is 43.5 Å². The van der Waals surface area contributed by atoms with Crippen LogP contribution in [0.25, 0.3) is 0 Å². The van der Waals surface area contributed by atoms with Crippen molar-refractivity contribution in [2.45, 2.75) is 13.8 Å². The maximum atomic E-state index is 12.3. The molecule has 26 heavy (non-hydrogen) atoms. The van der Waals surface area contributed by atoms with Gasteiger partial charge in [-0.2, -0.15) is 0 Å². The Morgan fingerprint density at radius 1 is 1.00 bits per heavy atom. The fourth-order valence-electron chi connectivity index (χ4n) is 2.41. The summed E-state index contributed by atoms with van der Waals surface area (Å²) in [6.45, 7) is 5.18. The van der Waals surface area contributed by atoms with E-state index in [0.29, 0.717) is 24.7 Å². The van der Waals surface area contributed by atoms with Gasteiger partial charge in [0, 0.05) is 18.2 Å². The number of carboxylic acids is 1. The molecule has 0 unspecified atom stereocenters. The second-order valence-electron chi connectivity index (χ2n) is 6.72. The van der Waals surface area contributed by atoms with Crippen LogP contribution < -0.4 is 10.1 Å². The van der Waals surface area contributed by atoms with Crippen LogP contribution in [0.5, 0.6) is 5.75 Å². The number of hydrogen-bond donors (Lipinski definition) is 2. The first kappa shape index (κ1) is 19.5. The molecule has 2 N–H and O–H groups in total. The Balaban J connectivity index is 2.01. The molecule has 1 amide bonds. The van der Waals surface area contributed by atoms with Crippen molar-refractivity contribution in [2.75, 3.05) is 25.6 Å². The lowest BCUT2D eigenvalue weighted by atomic mass is 9.96. The Bertz CT molecular complexity index is 768. The molecule has 0 fully saturated rings. The van der Waals surface area contributed by atoms with E-state index in [0.717, 1.165) is 0 Å². The van der Waals surface area contributed by atoms with E-state index in [-0.39, 0.29) is 16.5 Å². The predicted molar refractivity (Wildman–Crippen MR) is 98.9 cm³/mol. The van der Waals surface area contributed by atoms with Gasteiger partial charge in [0.2, 0.25) is 0 Å². The average Bonchev–Trinajstić information content (AvgIpc) is 2.61. The number of ether oxygens (including phenoxy) is 2. The lowest BCUT2D eigenvalue weighted by molar-refractivity contribution is 0.0644. The molecule has 2 aromatic carbocycles. The second-order valence-corrected chi connectivity index (χ2v) is 6.72. The first-order chi connectivity index (χ1) is 12.3. The molecule has 6 nitrogen and oxygen atoms in total. The van der Waals surface area contributed by atoms with Crippen LogP contribution in [0.3, 0.4) is 0 Å². The second kappa shape index (κ2) is 8.49. The number of hydrogen-bond acceptors (Lipinski definition) is 4. The molecule has 138 valence electrons. The van der Waals surface area contributed by atoms with Crippen molar-refractivity contribution in [1.82, 2.24) is 0 Å². The van der Waals surface area contributed by atoms with E-state index in [1.165, 1.54) is 12.1 Å². The number of aromatic carboxylic acids is 1. The topological polar surface area (TPSA) is 84.9 Å². The molecule has 0 saturated heterocycles. The van der Waals surface area contributed by atoms with Crippen LogP contribution in [0.1, 0.15) is 34.6 Å². The molecule has 0 aliphatic carbocycles. The summed E-state index contributed by atoms with van der Waals surface area (Å²) in [5.41, 5.74) is 0.521. The van der Waals surface area contributed by atoms with Crippen molar-refractivity contribution in [2.24, 2.45) is 5.41 Å². The minimum atomic E-state index is -1.14. The van der Waals surface area contributed by atoms with Gasteiger partial charge in [0.05, 0.1) is 24.3 Å². The molecule has 0 aromatic heterocycles. The summed E-state index contributed by atoms with van der Waals surface area (Å²) in [4.78, 5) is 23.6. The maximum Gasteiger partial charge on any atom is 0.336 e. The van der Waals surface area contributed by atoms with Gasteiger partial charge in [-0.05, 0) is 36.4 Å². The minimum Gasteiger partial charge on any atom is -0.493 e. The van der Waals surface area contributed by atoms with Crippen molar-refractivity contribution in [1.29, 1.82) is 0 Å². The van der Waals surface area contributed by atoms with Crippen molar-refractivity contribution in [3.8, 4) is 5.75 Å². The Morgan fingerprint density at radius 3 is 2.19 bits per heavy atom. The van der Waals surface area contributed by atoms with Crippen molar-refractivity contribution < 1.29 is 24.2 Å². The van der Waals surface area contributed by atoms with Crippen molar-refractivity contribution in [3.05, 3.63) is 59.7 Å². The van der Waals surface area contributed by atoms with Crippen LogP contribution in [-0.2, 0) is 4.74 Å². The largest absolute Gasteiger partial charge is 0.493 e.